The maximum Gasteiger partial charge on any atom is 0.338 e. The second kappa shape index (κ2) is 11.0. The Balaban J connectivity index is 1.70. The number of nitrogens with one attached hydrogen (secondary N) is 2. The maximum atomic E-state index is 13.1. The van der Waals surface area contributed by atoms with Crippen LogP contribution in [-0.4, -0.2) is 43.5 Å². The molecule has 0 spiro atoms. The molecule has 0 saturated carbocycles. The number of amides is 1. The number of carbonyl (C=O) groups is 2. The molecule has 0 unspecified atom stereocenters. The van der Waals surface area contributed by atoms with Crippen LogP contribution in [0.15, 0.2) is 72.8 Å². The van der Waals surface area contributed by atoms with Crippen molar-refractivity contribution >= 4 is 34.5 Å². The molecular formula is C28H30N4O3. The summed E-state index contributed by atoms with van der Waals surface area (Å²) in [4.78, 5) is 27.5. The summed E-state index contributed by atoms with van der Waals surface area (Å²) >= 11 is 0. The summed E-state index contributed by atoms with van der Waals surface area (Å²) in [5.41, 5.74) is 11.5. The number of nitrogens with zero attached hydrogens (tertiary/aromatic N) is 1. The Morgan fingerprint density at radius 1 is 1.03 bits per heavy atom. The van der Waals surface area contributed by atoms with Gasteiger partial charge in [0.1, 0.15) is 0 Å². The lowest BCUT2D eigenvalue weighted by atomic mass is 9.99. The van der Waals surface area contributed by atoms with E-state index in [9.17, 15) is 9.59 Å². The first-order valence-electron chi connectivity index (χ1n) is 11.7. The minimum Gasteiger partial charge on any atom is -0.462 e. The van der Waals surface area contributed by atoms with E-state index in [0.717, 1.165) is 29.9 Å². The number of rotatable bonds is 9. The van der Waals surface area contributed by atoms with E-state index in [-0.39, 0.29) is 12.5 Å². The topological polar surface area (TPSA) is 96.7 Å². The number of hydrogen-bond donors (Lipinski definition) is 3. The zero-order chi connectivity index (χ0) is 24.8. The molecule has 0 aliphatic carbocycles. The van der Waals surface area contributed by atoms with Crippen LogP contribution in [0.5, 0.6) is 0 Å². The Morgan fingerprint density at radius 3 is 2.46 bits per heavy atom. The normalized spacial score (nSPS) is 13.9. The highest BCUT2D eigenvalue weighted by molar-refractivity contribution is 6.37. The average molecular weight is 471 g/mol. The van der Waals surface area contributed by atoms with Gasteiger partial charge < -0.3 is 26.0 Å². The van der Waals surface area contributed by atoms with Crippen LogP contribution >= 0.6 is 0 Å². The number of anilines is 2. The van der Waals surface area contributed by atoms with Crippen LogP contribution in [0.3, 0.4) is 0 Å². The highest BCUT2D eigenvalue weighted by Gasteiger charge is 2.29. The zero-order valence-corrected chi connectivity index (χ0v) is 20.0. The first-order valence-corrected chi connectivity index (χ1v) is 11.7. The molecule has 180 valence electrons. The number of esters is 1. The second-order valence-electron chi connectivity index (χ2n) is 8.40. The van der Waals surface area contributed by atoms with Gasteiger partial charge in [0.05, 0.1) is 29.1 Å². The number of ether oxygens (including phenoxy) is 1. The average Bonchev–Trinajstić information content (AvgIpc) is 3.19. The van der Waals surface area contributed by atoms with Crippen molar-refractivity contribution in [3.63, 3.8) is 0 Å². The zero-order valence-electron chi connectivity index (χ0n) is 20.0. The van der Waals surface area contributed by atoms with Gasteiger partial charge in [0.2, 0.25) is 0 Å². The molecule has 0 saturated heterocycles. The van der Waals surface area contributed by atoms with Crippen molar-refractivity contribution in [3.05, 3.63) is 95.1 Å². The smallest absolute Gasteiger partial charge is 0.338 e. The van der Waals surface area contributed by atoms with Gasteiger partial charge in [-0.1, -0.05) is 48.5 Å². The highest BCUT2D eigenvalue weighted by Crippen LogP contribution is 2.38. The summed E-state index contributed by atoms with van der Waals surface area (Å²) in [7, 11) is 2.04. The van der Waals surface area contributed by atoms with Crippen molar-refractivity contribution in [1.29, 1.82) is 0 Å². The van der Waals surface area contributed by atoms with Crippen molar-refractivity contribution in [2.24, 2.45) is 5.73 Å². The third kappa shape index (κ3) is 5.59. The molecule has 0 radical (unpaired) electrons. The lowest BCUT2D eigenvalue weighted by Gasteiger charge is -2.17. The van der Waals surface area contributed by atoms with Gasteiger partial charge in [-0.05, 0) is 49.4 Å². The van der Waals surface area contributed by atoms with Gasteiger partial charge in [0.15, 0.2) is 0 Å². The Kier molecular flexibility index (Phi) is 7.60. The minimum absolute atomic E-state index is 0.229. The molecule has 1 amide bonds. The monoisotopic (exact) mass is 470 g/mol. The third-order valence-electron chi connectivity index (χ3n) is 5.77. The molecule has 1 aliphatic heterocycles. The van der Waals surface area contributed by atoms with Crippen LogP contribution in [0.25, 0.3) is 11.3 Å². The van der Waals surface area contributed by atoms with Crippen molar-refractivity contribution in [2.45, 2.75) is 13.5 Å². The number of likely N-dealkylation sites (N-methyl/N-ethyl adjacent to an activating group) is 1. The molecule has 0 aromatic heterocycles. The van der Waals surface area contributed by atoms with Gasteiger partial charge in [0, 0.05) is 30.9 Å². The van der Waals surface area contributed by atoms with Crippen LogP contribution in [0.2, 0.25) is 0 Å². The van der Waals surface area contributed by atoms with E-state index in [1.54, 1.807) is 25.1 Å². The van der Waals surface area contributed by atoms with Gasteiger partial charge in [-0.3, -0.25) is 4.79 Å². The fourth-order valence-corrected chi connectivity index (χ4v) is 4.10. The summed E-state index contributed by atoms with van der Waals surface area (Å²) in [5, 5.41) is 6.37. The number of benzene rings is 3. The van der Waals surface area contributed by atoms with Crippen molar-refractivity contribution in [1.82, 2.24) is 4.90 Å². The summed E-state index contributed by atoms with van der Waals surface area (Å²) in [6, 6.07) is 23.0. The molecular weight excluding hydrogens is 440 g/mol. The molecule has 35 heavy (non-hydrogen) atoms. The molecule has 7 nitrogen and oxygen atoms in total. The predicted molar refractivity (Wildman–Crippen MR) is 140 cm³/mol. The predicted octanol–water partition coefficient (Wildman–Crippen LogP) is 4.19. The van der Waals surface area contributed by atoms with Gasteiger partial charge >= 0.3 is 5.97 Å². The Bertz CT molecular complexity index is 1240. The SMILES string of the molecule is CCOC(=O)c1ccc2c(c1)NC(=O)C2=C(Nc1ccc(CN(C)CCN)cc1)c1ccccc1. The molecule has 0 atom stereocenters. The number of carbonyl (C=O) groups excluding carboxylic acids is 2. The van der Waals surface area contributed by atoms with Gasteiger partial charge in [-0.2, -0.15) is 0 Å². The number of fused-ring (bicyclic) bond motifs is 1. The summed E-state index contributed by atoms with van der Waals surface area (Å²) < 4.78 is 5.10. The largest absolute Gasteiger partial charge is 0.462 e. The lowest BCUT2D eigenvalue weighted by molar-refractivity contribution is -0.110. The Labute approximate surface area is 205 Å². The van der Waals surface area contributed by atoms with E-state index >= 15 is 0 Å². The molecule has 4 rings (SSSR count). The maximum absolute atomic E-state index is 13.1. The van der Waals surface area contributed by atoms with Gasteiger partial charge in [-0.25, -0.2) is 4.79 Å². The molecule has 3 aromatic carbocycles. The second-order valence-corrected chi connectivity index (χ2v) is 8.40. The quantitative estimate of drug-likeness (QED) is 0.321. The van der Waals surface area contributed by atoms with Crippen molar-refractivity contribution < 1.29 is 14.3 Å². The minimum atomic E-state index is -0.416. The standard InChI is InChI=1S/C28H30N4O3/c1-3-35-28(34)21-11-14-23-24(17-21)31-27(33)25(23)26(20-7-5-4-6-8-20)30-22-12-9-19(10-13-22)18-32(2)16-15-29/h4-14,17,30H,3,15-16,18,29H2,1-2H3,(H,31,33). The fourth-order valence-electron chi connectivity index (χ4n) is 4.10. The van der Waals surface area contributed by atoms with Crippen molar-refractivity contribution in [3.8, 4) is 0 Å². The van der Waals surface area contributed by atoms with Gasteiger partial charge in [0.25, 0.3) is 5.91 Å². The van der Waals surface area contributed by atoms with Crippen LogP contribution < -0.4 is 16.4 Å². The Morgan fingerprint density at radius 2 is 1.77 bits per heavy atom. The lowest BCUT2D eigenvalue weighted by Crippen LogP contribution is -2.24. The molecule has 1 aliphatic rings. The van der Waals surface area contributed by atoms with E-state index < -0.39 is 5.97 Å². The van der Waals surface area contributed by atoms with Crippen LogP contribution in [-0.2, 0) is 16.1 Å². The molecule has 0 fully saturated rings. The molecule has 3 aromatic rings. The molecule has 0 bridgehead atoms. The first kappa shape index (κ1) is 24.2. The fraction of sp³-hybridized carbons (Fsp3) is 0.214. The number of nitrogens with two attached hydrogens (primary N) is 1. The van der Waals surface area contributed by atoms with E-state index in [4.69, 9.17) is 10.5 Å². The molecule has 7 heteroatoms. The highest BCUT2D eigenvalue weighted by atomic mass is 16.5. The Hall–Kier alpha value is -3.94. The van der Waals surface area contributed by atoms with E-state index in [2.05, 4.69) is 27.7 Å². The van der Waals surface area contributed by atoms with Crippen LogP contribution in [0, 0.1) is 0 Å². The summed E-state index contributed by atoms with van der Waals surface area (Å²) in [5.74, 6) is -0.645. The van der Waals surface area contributed by atoms with E-state index in [1.807, 2.05) is 49.5 Å². The van der Waals surface area contributed by atoms with Crippen molar-refractivity contribution in [2.75, 3.05) is 37.4 Å². The summed E-state index contributed by atoms with van der Waals surface area (Å²) in [6.07, 6.45) is 0. The van der Waals surface area contributed by atoms with E-state index in [0.29, 0.717) is 29.1 Å². The van der Waals surface area contributed by atoms with Gasteiger partial charge in [-0.15, -0.1) is 0 Å². The van der Waals surface area contributed by atoms with Crippen LogP contribution in [0.4, 0.5) is 11.4 Å². The first-order chi connectivity index (χ1) is 17.0. The molecule has 1 heterocycles. The molecule has 4 N–H and O–H groups in total. The third-order valence-corrected chi connectivity index (χ3v) is 5.77. The van der Waals surface area contributed by atoms with Crippen LogP contribution in [0.1, 0.15) is 34.0 Å². The number of hydrogen-bond acceptors (Lipinski definition) is 6. The summed E-state index contributed by atoms with van der Waals surface area (Å²) in [6.45, 7) is 4.31. The van der Waals surface area contributed by atoms with E-state index in [1.165, 1.54) is 5.56 Å².